The van der Waals surface area contributed by atoms with Gasteiger partial charge in [-0.05, 0) is 18.2 Å². The molecule has 0 aliphatic carbocycles. The number of hydrogen-bond donors (Lipinski definition) is 1. The van der Waals surface area contributed by atoms with E-state index in [1.165, 1.54) is 0 Å². The summed E-state index contributed by atoms with van der Waals surface area (Å²) in [6, 6.07) is 9.75. The number of rotatable bonds is 2. The molecule has 84 valence electrons. The number of hydrogen-bond acceptors (Lipinski definition) is 2. The van der Waals surface area contributed by atoms with Crippen LogP contribution in [0.25, 0.3) is 5.57 Å². The molecule has 0 saturated heterocycles. The van der Waals surface area contributed by atoms with E-state index in [0.717, 1.165) is 17.7 Å². The Morgan fingerprint density at radius 3 is 2.69 bits per heavy atom. The highest BCUT2D eigenvalue weighted by Crippen LogP contribution is 2.27. The highest BCUT2D eigenvalue weighted by molar-refractivity contribution is 5.88. The molecule has 0 saturated carbocycles. The van der Waals surface area contributed by atoms with Crippen LogP contribution in [-0.4, -0.2) is 36.1 Å². The van der Waals surface area contributed by atoms with Crippen molar-refractivity contribution in [3.05, 3.63) is 42.0 Å². The Balaban J connectivity index is 2.35. The first-order valence-electron chi connectivity index (χ1n) is 5.35. The van der Waals surface area contributed by atoms with Gasteiger partial charge in [0.1, 0.15) is 0 Å². The number of carbonyl (C=O) groups is 1. The van der Waals surface area contributed by atoms with E-state index in [9.17, 15) is 9.90 Å². The Kier molecular flexibility index (Phi) is 3.06. The molecule has 1 aliphatic heterocycles. The van der Waals surface area contributed by atoms with E-state index in [1.54, 1.807) is 0 Å². The molecular formula is C13H15NO2. The van der Waals surface area contributed by atoms with Crippen LogP contribution >= 0.6 is 0 Å². The highest BCUT2D eigenvalue weighted by Gasteiger charge is 2.27. The molecule has 0 amide bonds. The third kappa shape index (κ3) is 2.14. The maximum Gasteiger partial charge on any atom is 0.312 e. The van der Waals surface area contributed by atoms with Crippen LogP contribution in [0.1, 0.15) is 5.56 Å². The number of benzene rings is 1. The Morgan fingerprint density at radius 1 is 1.38 bits per heavy atom. The summed E-state index contributed by atoms with van der Waals surface area (Å²) >= 11 is 0. The smallest absolute Gasteiger partial charge is 0.312 e. The van der Waals surface area contributed by atoms with Crippen molar-refractivity contribution in [3.63, 3.8) is 0 Å². The first-order chi connectivity index (χ1) is 7.68. The van der Waals surface area contributed by atoms with Crippen LogP contribution in [0.5, 0.6) is 0 Å². The van der Waals surface area contributed by atoms with Crippen LogP contribution < -0.4 is 0 Å². The van der Waals surface area contributed by atoms with Gasteiger partial charge in [0.25, 0.3) is 0 Å². The molecule has 1 heterocycles. The highest BCUT2D eigenvalue weighted by atomic mass is 16.4. The van der Waals surface area contributed by atoms with Crippen molar-refractivity contribution in [2.24, 2.45) is 5.92 Å². The van der Waals surface area contributed by atoms with Gasteiger partial charge >= 0.3 is 5.97 Å². The van der Waals surface area contributed by atoms with Crippen molar-refractivity contribution in [2.45, 2.75) is 0 Å². The quantitative estimate of drug-likeness (QED) is 0.820. The average Bonchev–Trinajstić information content (AvgIpc) is 2.30. The van der Waals surface area contributed by atoms with Crippen LogP contribution in [0.2, 0.25) is 0 Å². The van der Waals surface area contributed by atoms with Gasteiger partial charge in [0.15, 0.2) is 0 Å². The number of nitrogens with zero attached hydrogens (tertiary/aromatic N) is 1. The third-order valence-electron chi connectivity index (χ3n) is 2.90. The van der Waals surface area contributed by atoms with Crippen LogP contribution in [0, 0.1) is 5.92 Å². The normalized spacial score (nSPS) is 21.6. The van der Waals surface area contributed by atoms with Crippen molar-refractivity contribution >= 4 is 11.5 Å². The summed E-state index contributed by atoms with van der Waals surface area (Å²) < 4.78 is 0. The van der Waals surface area contributed by atoms with E-state index >= 15 is 0 Å². The van der Waals surface area contributed by atoms with Crippen LogP contribution in [0.3, 0.4) is 0 Å². The fraction of sp³-hybridized carbons (Fsp3) is 0.308. The van der Waals surface area contributed by atoms with Gasteiger partial charge in [-0.25, -0.2) is 0 Å². The first-order valence-corrected chi connectivity index (χ1v) is 5.35. The van der Waals surface area contributed by atoms with Gasteiger partial charge in [-0.15, -0.1) is 0 Å². The van der Waals surface area contributed by atoms with E-state index in [2.05, 4.69) is 0 Å². The van der Waals surface area contributed by atoms with Gasteiger partial charge < -0.3 is 10.0 Å². The molecule has 0 aromatic heterocycles. The predicted octanol–water partition coefficient (Wildman–Crippen LogP) is 1.72. The van der Waals surface area contributed by atoms with Crippen molar-refractivity contribution in [1.82, 2.24) is 4.90 Å². The number of carboxylic acid groups (broad SMARTS) is 1. The minimum absolute atomic E-state index is 0.416. The summed E-state index contributed by atoms with van der Waals surface area (Å²) in [5, 5.41) is 9.22. The molecule has 3 nitrogen and oxygen atoms in total. The number of likely N-dealkylation sites (N-methyl/N-ethyl adjacent to an activating group) is 1. The molecule has 1 atom stereocenters. The van der Waals surface area contributed by atoms with Crippen molar-refractivity contribution in [3.8, 4) is 0 Å². The topological polar surface area (TPSA) is 40.5 Å². The molecular weight excluding hydrogens is 202 g/mol. The SMILES string of the molecule is CN1CC=C(c2ccccc2)C(C(=O)O)C1. The van der Waals surface area contributed by atoms with Crippen LogP contribution in [-0.2, 0) is 4.79 Å². The van der Waals surface area contributed by atoms with Crippen LogP contribution in [0.4, 0.5) is 0 Å². The summed E-state index contributed by atoms with van der Waals surface area (Å²) in [4.78, 5) is 13.2. The Morgan fingerprint density at radius 2 is 2.06 bits per heavy atom. The molecule has 0 radical (unpaired) electrons. The van der Waals surface area contributed by atoms with E-state index in [0.29, 0.717) is 6.54 Å². The summed E-state index contributed by atoms with van der Waals surface area (Å²) in [5.41, 5.74) is 1.95. The van der Waals surface area contributed by atoms with E-state index in [1.807, 2.05) is 48.4 Å². The molecule has 0 bridgehead atoms. The fourth-order valence-corrected chi connectivity index (χ4v) is 2.04. The molecule has 0 fully saturated rings. The monoisotopic (exact) mass is 217 g/mol. The molecule has 0 spiro atoms. The van der Waals surface area contributed by atoms with Gasteiger partial charge in [0.05, 0.1) is 5.92 Å². The van der Waals surface area contributed by atoms with Gasteiger partial charge in [-0.1, -0.05) is 36.4 Å². The lowest BCUT2D eigenvalue weighted by molar-refractivity contribution is -0.140. The summed E-state index contributed by atoms with van der Waals surface area (Å²) in [6.45, 7) is 1.39. The van der Waals surface area contributed by atoms with E-state index < -0.39 is 11.9 Å². The van der Waals surface area contributed by atoms with E-state index in [4.69, 9.17) is 0 Å². The third-order valence-corrected chi connectivity index (χ3v) is 2.90. The lowest BCUT2D eigenvalue weighted by Gasteiger charge is -2.28. The average molecular weight is 217 g/mol. The second kappa shape index (κ2) is 4.49. The molecule has 2 rings (SSSR count). The standard InChI is InChI=1S/C13H15NO2/c1-14-8-7-11(12(9-14)13(15)16)10-5-3-2-4-6-10/h2-7,12H,8-9H2,1H3,(H,15,16). The van der Waals surface area contributed by atoms with Crippen molar-refractivity contribution in [1.29, 1.82) is 0 Å². The van der Waals surface area contributed by atoms with E-state index in [-0.39, 0.29) is 0 Å². The Bertz CT molecular complexity index is 411. The summed E-state index contributed by atoms with van der Waals surface area (Å²) in [5.74, 6) is -1.16. The predicted molar refractivity (Wildman–Crippen MR) is 63.0 cm³/mol. The molecule has 16 heavy (non-hydrogen) atoms. The molecule has 1 unspecified atom stereocenters. The lowest BCUT2D eigenvalue weighted by Crippen LogP contribution is -2.35. The van der Waals surface area contributed by atoms with Crippen LogP contribution in [0.15, 0.2) is 36.4 Å². The second-order valence-electron chi connectivity index (χ2n) is 4.14. The van der Waals surface area contributed by atoms with Crippen molar-refractivity contribution < 1.29 is 9.90 Å². The minimum Gasteiger partial charge on any atom is -0.481 e. The summed E-state index contributed by atoms with van der Waals surface area (Å²) in [7, 11) is 1.94. The zero-order chi connectivity index (χ0) is 11.5. The second-order valence-corrected chi connectivity index (χ2v) is 4.14. The minimum atomic E-state index is -0.748. The zero-order valence-electron chi connectivity index (χ0n) is 9.26. The Labute approximate surface area is 95.0 Å². The molecule has 1 aromatic rings. The molecule has 1 aromatic carbocycles. The number of aliphatic carboxylic acids is 1. The molecule has 1 aliphatic rings. The maximum absolute atomic E-state index is 11.2. The van der Waals surface area contributed by atoms with Crippen molar-refractivity contribution in [2.75, 3.05) is 20.1 Å². The Hall–Kier alpha value is -1.61. The largest absolute Gasteiger partial charge is 0.481 e. The maximum atomic E-state index is 11.2. The molecule has 1 N–H and O–H groups in total. The zero-order valence-corrected chi connectivity index (χ0v) is 9.26. The lowest BCUT2D eigenvalue weighted by atomic mass is 9.89. The fourth-order valence-electron chi connectivity index (χ4n) is 2.04. The summed E-state index contributed by atoms with van der Waals surface area (Å²) in [6.07, 6.45) is 2.01. The van der Waals surface area contributed by atoms with Gasteiger partial charge in [0.2, 0.25) is 0 Å². The molecule has 3 heteroatoms. The first kappa shape index (κ1) is 10.9. The van der Waals surface area contributed by atoms with Gasteiger partial charge in [-0.3, -0.25) is 4.79 Å². The van der Waals surface area contributed by atoms with Gasteiger partial charge in [-0.2, -0.15) is 0 Å². The van der Waals surface area contributed by atoms with Gasteiger partial charge in [0, 0.05) is 13.1 Å². The number of carboxylic acids is 1.